The Balaban J connectivity index is 1.38. The minimum atomic E-state index is -4.37. The molecule has 0 amide bonds. The monoisotopic (exact) mass is 497 g/mol. The number of halogens is 4. The average molecular weight is 498 g/mol. The number of rotatable bonds is 5. The van der Waals surface area contributed by atoms with Gasteiger partial charge in [0, 0.05) is 24.5 Å². The van der Waals surface area contributed by atoms with Crippen LogP contribution in [0.25, 0.3) is 11.0 Å². The number of benzene rings is 2. The standard InChI is InChI=1S/C22H19BrF3NO4/c23-20-16-11-19(21(28)29)31-18(16)5-4-17(20)27-8-6-15(7-9-27)30-12-13-2-1-3-14(10-13)22(24,25)26/h1-5,10-11,15H,6-9,12H2,(H,28,29). The van der Waals surface area contributed by atoms with Crippen molar-refractivity contribution in [1.29, 1.82) is 0 Å². The minimum Gasteiger partial charge on any atom is -0.475 e. The van der Waals surface area contributed by atoms with Crippen molar-refractivity contribution in [2.24, 2.45) is 0 Å². The lowest BCUT2D eigenvalue weighted by Gasteiger charge is -2.34. The molecule has 0 bridgehead atoms. The van der Waals surface area contributed by atoms with E-state index in [1.54, 1.807) is 12.1 Å². The average Bonchev–Trinajstić information content (AvgIpc) is 3.18. The Hall–Kier alpha value is -2.52. The molecule has 0 saturated carbocycles. The summed E-state index contributed by atoms with van der Waals surface area (Å²) in [5.41, 5.74) is 1.25. The number of carboxylic acid groups (broad SMARTS) is 1. The van der Waals surface area contributed by atoms with Crippen LogP contribution in [0.3, 0.4) is 0 Å². The summed E-state index contributed by atoms with van der Waals surface area (Å²) < 4.78 is 50.5. The van der Waals surface area contributed by atoms with Gasteiger partial charge in [0.15, 0.2) is 0 Å². The van der Waals surface area contributed by atoms with Crippen molar-refractivity contribution in [3.8, 4) is 0 Å². The van der Waals surface area contributed by atoms with Gasteiger partial charge in [0.1, 0.15) is 5.58 Å². The molecule has 2 heterocycles. The van der Waals surface area contributed by atoms with Crippen LogP contribution >= 0.6 is 15.9 Å². The van der Waals surface area contributed by atoms with Crippen LogP contribution in [0.15, 0.2) is 51.4 Å². The van der Waals surface area contributed by atoms with E-state index in [2.05, 4.69) is 20.8 Å². The summed E-state index contributed by atoms with van der Waals surface area (Å²) in [6.07, 6.45) is -2.94. The third-order valence-electron chi connectivity index (χ3n) is 5.35. The van der Waals surface area contributed by atoms with Crippen molar-refractivity contribution in [3.05, 3.63) is 63.8 Å². The molecule has 0 aliphatic carbocycles. The molecular formula is C22H19BrF3NO4. The summed E-state index contributed by atoms with van der Waals surface area (Å²) in [5.74, 6) is -1.24. The van der Waals surface area contributed by atoms with Gasteiger partial charge in [-0.3, -0.25) is 0 Å². The summed E-state index contributed by atoms with van der Waals surface area (Å²) in [4.78, 5) is 13.3. The predicted molar refractivity (Wildman–Crippen MR) is 112 cm³/mol. The van der Waals surface area contributed by atoms with E-state index in [0.717, 1.165) is 35.1 Å². The fourth-order valence-corrected chi connectivity index (χ4v) is 4.42. The highest BCUT2D eigenvalue weighted by Crippen LogP contribution is 2.37. The molecule has 4 rings (SSSR count). The molecule has 1 aromatic heterocycles. The van der Waals surface area contributed by atoms with Crippen LogP contribution in [0, 0.1) is 0 Å². The van der Waals surface area contributed by atoms with Crippen molar-refractivity contribution < 1.29 is 32.2 Å². The van der Waals surface area contributed by atoms with E-state index in [0.29, 0.717) is 29.6 Å². The van der Waals surface area contributed by atoms with E-state index < -0.39 is 17.7 Å². The van der Waals surface area contributed by atoms with Crippen LogP contribution in [-0.4, -0.2) is 30.3 Å². The first-order valence-electron chi connectivity index (χ1n) is 9.70. The molecule has 31 heavy (non-hydrogen) atoms. The molecule has 1 aliphatic rings. The lowest BCUT2D eigenvalue weighted by molar-refractivity contribution is -0.137. The fraction of sp³-hybridized carbons (Fsp3) is 0.318. The Morgan fingerprint density at radius 3 is 2.61 bits per heavy atom. The lowest BCUT2D eigenvalue weighted by Crippen LogP contribution is -2.37. The van der Waals surface area contributed by atoms with Crippen molar-refractivity contribution in [3.63, 3.8) is 0 Å². The highest BCUT2D eigenvalue weighted by atomic mass is 79.9. The Labute approximate surface area is 184 Å². The summed E-state index contributed by atoms with van der Waals surface area (Å²) in [6.45, 7) is 1.55. The zero-order valence-electron chi connectivity index (χ0n) is 16.3. The van der Waals surface area contributed by atoms with E-state index in [4.69, 9.17) is 14.3 Å². The molecule has 1 saturated heterocycles. The van der Waals surface area contributed by atoms with Gasteiger partial charge in [0.25, 0.3) is 0 Å². The molecule has 164 valence electrons. The molecule has 1 N–H and O–H groups in total. The van der Waals surface area contributed by atoms with Crippen molar-refractivity contribution in [2.45, 2.75) is 31.7 Å². The summed E-state index contributed by atoms with van der Waals surface area (Å²) in [6, 6.07) is 10.3. The van der Waals surface area contributed by atoms with Gasteiger partial charge in [-0.1, -0.05) is 12.1 Å². The summed E-state index contributed by atoms with van der Waals surface area (Å²) in [7, 11) is 0. The highest BCUT2D eigenvalue weighted by Gasteiger charge is 2.30. The number of carbonyl (C=O) groups is 1. The second-order valence-corrected chi connectivity index (χ2v) is 8.21. The van der Waals surface area contributed by atoms with Gasteiger partial charge in [-0.2, -0.15) is 13.2 Å². The number of piperidine rings is 1. The number of furan rings is 1. The van der Waals surface area contributed by atoms with E-state index in [1.807, 2.05) is 6.07 Å². The lowest BCUT2D eigenvalue weighted by atomic mass is 10.1. The molecule has 0 spiro atoms. The quantitative estimate of drug-likeness (QED) is 0.461. The van der Waals surface area contributed by atoms with Crippen LogP contribution < -0.4 is 4.90 Å². The first kappa shape index (κ1) is 21.7. The SMILES string of the molecule is O=C(O)c1cc2c(Br)c(N3CCC(OCc4cccc(C(F)(F)F)c4)CC3)ccc2o1. The third kappa shape index (κ3) is 4.72. The molecule has 0 atom stereocenters. The summed E-state index contributed by atoms with van der Waals surface area (Å²) >= 11 is 3.56. The van der Waals surface area contributed by atoms with Crippen LogP contribution in [0.1, 0.15) is 34.5 Å². The molecule has 1 aliphatic heterocycles. The van der Waals surface area contributed by atoms with Crippen LogP contribution in [0.2, 0.25) is 0 Å². The smallest absolute Gasteiger partial charge is 0.416 e. The van der Waals surface area contributed by atoms with E-state index in [-0.39, 0.29) is 18.5 Å². The number of hydrogen-bond acceptors (Lipinski definition) is 4. The second kappa shape index (κ2) is 8.55. The number of anilines is 1. The van der Waals surface area contributed by atoms with Crippen LogP contribution in [0.5, 0.6) is 0 Å². The maximum absolute atomic E-state index is 12.9. The number of ether oxygens (including phenoxy) is 1. The van der Waals surface area contributed by atoms with Gasteiger partial charge in [0.05, 0.1) is 28.4 Å². The molecule has 0 radical (unpaired) electrons. The Morgan fingerprint density at radius 1 is 1.19 bits per heavy atom. The van der Waals surface area contributed by atoms with Crippen molar-refractivity contribution in [1.82, 2.24) is 0 Å². The molecule has 0 unspecified atom stereocenters. The van der Waals surface area contributed by atoms with E-state index >= 15 is 0 Å². The number of carboxylic acids is 1. The Kier molecular flexibility index (Phi) is 5.98. The molecule has 3 aromatic rings. The molecule has 2 aromatic carbocycles. The van der Waals surface area contributed by atoms with Gasteiger partial charge in [0.2, 0.25) is 5.76 Å². The number of fused-ring (bicyclic) bond motifs is 1. The highest BCUT2D eigenvalue weighted by molar-refractivity contribution is 9.10. The van der Waals surface area contributed by atoms with Crippen molar-refractivity contribution in [2.75, 3.05) is 18.0 Å². The van der Waals surface area contributed by atoms with Crippen LogP contribution in [0.4, 0.5) is 18.9 Å². The van der Waals surface area contributed by atoms with Gasteiger partial charge >= 0.3 is 12.1 Å². The molecule has 9 heteroatoms. The van der Waals surface area contributed by atoms with E-state index in [9.17, 15) is 18.0 Å². The topological polar surface area (TPSA) is 62.9 Å². The summed E-state index contributed by atoms with van der Waals surface area (Å²) in [5, 5.41) is 9.82. The van der Waals surface area contributed by atoms with Crippen molar-refractivity contribution >= 4 is 38.6 Å². The number of hydrogen-bond donors (Lipinski definition) is 1. The first-order valence-corrected chi connectivity index (χ1v) is 10.5. The molecular weight excluding hydrogens is 479 g/mol. The van der Waals surface area contributed by atoms with Gasteiger partial charge in [-0.25, -0.2) is 4.79 Å². The van der Waals surface area contributed by atoms with Gasteiger partial charge < -0.3 is 19.2 Å². The Bertz CT molecular complexity index is 1100. The van der Waals surface area contributed by atoms with E-state index in [1.165, 1.54) is 12.1 Å². The molecule has 5 nitrogen and oxygen atoms in total. The first-order chi connectivity index (χ1) is 14.7. The predicted octanol–water partition coefficient (Wildman–Crippen LogP) is 6.10. The second-order valence-electron chi connectivity index (χ2n) is 7.42. The number of alkyl halides is 3. The van der Waals surface area contributed by atoms with Crippen LogP contribution in [-0.2, 0) is 17.5 Å². The Morgan fingerprint density at radius 2 is 1.94 bits per heavy atom. The van der Waals surface area contributed by atoms with Gasteiger partial charge in [-0.05, 0) is 58.6 Å². The fourth-order valence-electron chi connectivity index (χ4n) is 3.73. The maximum atomic E-state index is 12.9. The minimum absolute atomic E-state index is 0.0409. The molecule has 1 fully saturated rings. The zero-order valence-corrected chi connectivity index (χ0v) is 17.9. The normalized spacial score (nSPS) is 15.5. The largest absolute Gasteiger partial charge is 0.475 e. The third-order valence-corrected chi connectivity index (χ3v) is 6.18. The number of nitrogens with zero attached hydrogens (tertiary/aromatic N) is 1. The number of aromatic carboxylic acids is 1. The maximum Gasteiger partial charge on any atom is 0.416 e. The zero-order chi connectivity index (χ0) is 22.2. The van der Waals surface area contributed by atoms with Gasteiger partial charge in [-0.15, -0.1) is 0 Å².